The summed E-state index contributed by atoms with van der Waals surface area (Å²) >= 11 is 0. The number of carbonyl (C=O) groups is 2. The number of pyridine rings is 2. The highest BCUT2D eigenvalue weighted by atomic mass is 19.3. The van der Waals surface area contributed by atoms with Crippen molar-refractivity contribution in [3.05, 3.63) is 60.6 Å². The number of benzene rings is 1. The van der Waals surface area contributed by atoms with Gasteiger partial charge in [-0.2, -0.15) is 5.26 Å². The van der Waals surface area contributed by atoms with Crippen molar-refractivity contribution in [2.75, 3.05) is 13.1 Å². The first kappa shape index (κ1) is 20.3. The smallest absolute Gasteiger partial charge is 0.268 e. The number of aromatic nitrogens is 2. The van der Waals surface area contributed by atoms with Crippen LogP contribution in [0.25, 0.3) is 22.0 Å². The van der Waals surface area contributed by atoms with Crippen LogP contribution in [0.2, 0.25) is 0 Å². The number of hydrogen-bond acceptors (Lipinski definition) is 5. The SMILES string of the molecule is N#CC1CC(F)(F)CN1C(=O)CNC(=O)c1ccncc1-c1cccc2ncccc12. The van der Waals surface area contributed by atoms with Gasteiger partial charge in [0.1, 0.15) is 6.04 Å². The molecule has 2 aromatic heterocycles. The van der Waals surface area contributed by atoms with Crippen molar-refractivity contribution in [3.8, 4) is 17.2 Å². The zero-order valence-corrected chi connectivity index (χ0v) is 16.3. The van der Waals surface area contributed by atoms with Gasteiger partial charge in [0.2, 0.25) is 5.91 Å². The lowest BCUT2D eigenvalue weighted by Gasteiger charge is -2.19. The number of hydrogen-bond donors (Lipinski definition) is 1. The topological polar surface area (TPSA) is 99.0 Å². The van der Waals surface area contributed by atoms with Crippen LogP contribution in [0.4, 0.5) is 8.78 Å². The number of nitriles is 1. The van der Waals surface area contributed by atoms with Gasteiger partial charge in [-0.3, -0.25) is 19.6 Å². The van der Waals surface area contributed by atoms with Crippen LogP contribution in [0.3, 0.4) is 0 Å². The maximum atomic E-state index is 13.6. The molecule has 1 atom stereocenters. The van der Waals surface area contributed by atoms with Crippen LogP contribution in [0.1, 0.15) is 16.8 Å². The third kappa shape index (κ3) is 4.05. The number of halogens is 2. The summed E-state index contributed by atoms with van der Waals surface area (Å²) in [6.07, 6.45) is 3.97. The molecule has 1 unspecified atom stereocenters. The monoisotopic (exact) mass is 421 g/mol. The maximum Gasteiger partial charge on any atom is 0.268 e. The lowest BCUT2D eigenvalue weighted by Crippen LogP contribution is -2.43. The van der Waals surface area contributed by atoms with Gasteiger partial charge in [0.15, 0.2) is 0 Å². The minimum absolute atomic E-state index is 0.280. The van der Waals surface area contributed by atoms with Crippen molar-refractivity contribution in [1.82, 2.24) is 20.2 Å². The zero-order chi connectivity index (χ0) is 22.0. The van der Waals surface area contributed by atoms with Gasteiger partial charge < -0.3 is 10.2 Å². The lowest BCUT2D eigenvalue weighted by atomic mass is 9.97. The number of likely N-dealkylation sites (tertiary alicyclic amines) is 1. The fourth-order valence-corrected chi connectivity index (χ4v) is 3.69. The van der Waals surface area contributed by atoms with E-state index in [9.17, 15) is 18.4 Å². The standard InChI is InChI=1S/C22H17F2N5O2/c23-22(24)9-14(10-25)29(13-22)20(30)12-28-21(31)17-6-8-26-11-18(17)15-3-1-5-19-16(15)4-2-7-27-19/h1-8,11,14H,9,12-13H2,(H,28,31). The first-order chi connectivity index (χ1) is 14.9. The third-order valence-corrected chi connectivity index (χ3v) is 5.14. The largest absolute Gasteiger partial charge is 0.343 e. The molecule has 3 aromatic rings. The zero-order valence-electron chi connectivity index (χ0n) is 16.3. The van der Waals surface area contributed by atoms with Crippen LogP contribution in [-0.2, 0) is 4.79 Å². The van der Waals surface area contributed by atoms with Gasteiger partial charge in [-0.05, 0) is 23.8 Å². The van der Waals surface area contributed by atoms with Crippen LogP contribution >= 0.6 is 0 Å². The molecule has 0 spiro atoms. The average molecular weight is 421 g/mol. The second-order valence-electron chi connectivity index (χ2n) is 7.21. The van der Waals surface area contributed by atoms with Crippen LogP contribution in [0.5, 0.6) is 0 Å². The normalized spacial score (nSPS) is 17.3. The Morgan fingerprint density at radius 3 is 2.84 bits per heavy atom. The number of carbonyl (C=O) groups excluding carboxylic acids is 2. The molecule has 1 aliphatic heterocycles. The fraction of sp³-hybridized carbons (Fsp3) is 0.227. The molecular formula is C22H17F2N5O2. The van der Waals surface area contributed by atoms with E-state index in [1.165, 1.54) is 12.3 Å². The Hall–Kier alpha value is -3.93. The van der Waals surface area contributed by atoms with E-state index in [2.05, 4.69) is 15.3 Å². The molecule has 0 aliphatic carbocycles. The molecule has 2 amide bonds. The van der Waals surface area contributed by atoms with Crippen LogP contribution in [-0.4, -0.2) is 51.7 Å². The Labute approximate surface area is 176 Å². The summed E-state index contributed by atoms with van der Waals surface area (Å²) in [5.41, 5.74) is 2.33. The summed E-state index contributed by atoms with van der Waals surface area (Å²) in [6.45, 7) is -1.32. The van der Waals surface area contributed by atoms with Crippen molar-refractivity contribution in [2.24, 2.45) is 0 Å². The Bertz CT molecular complexity index is 1200. The summed E-state index contributed by atoms with van der Waals surface area (Å²) < 4.78 is 27.2. The van der Waals surface area contributed by atoms with Gasteiger partial charge in [-0.25, -0.2) is 8.78 Å². The molecule has 31 heavy (non-hydrogen) atoms. The molecule has 1 saturated heterocycles. The Morgan fingerprint density at radius 1 is 1.19 bits per heavy atom. The maximum absolute atomic E-state index is 13.6. The summed E-state index contributed by atoms with van der Waals surface area (Å²) in [5, 5.41) is 12.4. The molecule has 0 radical (unpaired) electrons. The van der Waals surface area contributed by atoms with E-state index in [-0.39, 0.29) is 5.56 Å². The summed E-state index contributed by atoms with van der Waals surface area (Å²) in [7, 11) is 0. The highest BCUT2D eigenvalue weighted by molar-refractivity contribution is 6.05. The van der Waals surface area contributed by atoms with Crippen molar-refractivity contribution in [1.29, 1.82) is 5.26 Å². The van der Waals surface area contributed by atoms with Gasteiger partial charge in [0, 0.05) is 36.0 Å². The Balaban J connectivity index is 1.56. The van der Waals surface area contributed by atoms with Crippen molar-refractivity contribution in [2.45, 2.75) is 18.4 Å². The molecule has 1 aromatic carbocycles. The van der Waals surface area contributed by atoms with Gasteiger partial charge in [-0.1, -0.05) is 18.2 Å². The number of nitrogens with one attached hydrogen (secondary N) is 1. The lowest BCUT2D eigenvalue weighted by molar-refractivity contribution is -0.131. The number of fused-ring (bicyclic) bond motifs is 1. The van der Waals surface area contributed by atoms with E-state index in [1.807, 2.05) is 24.3 Å². The van der Waals surface area contributed by atoms with Crippen molar-refractivity contribution in [3.63, 3.8) is 0 Å². The van der Waals surface area contributed by atoms with E-state index in [0.717, 1.165) is 21.4 Å². The van der Waals surface area contributed by atoms with Gasteiger partial charge in [0.05, 0.1) is 30.2 Å². The third-order valence-electron chi connectivity index (χ3n) is 5.14. The Kier molecular flexibility index (Phi) is 5.29. The van der Waals surface area contributed by atoms with Crippen LogP contribution < -0.4 is 5.32 Å². The predicted molar refractivity (Wildman–Crippen MR) is 108 cm³/mol. The molecule has 7 nitrogen and oxygen atoms in total. The summed E-state index contributed by atoms with van der Waals surface area (Å²) in [6, 6.07) is 11.2. The summed E-state index contributed by atoms with van der Waals surface area (Å²) in [4.78, 5) is 34.4. The summed E-state index contributed by atoms with van der Waals surface area (Å²) in [5.74, 6) is -4.39. The molecule has 1 fully saturated rings. The molecule has 1 aliphatic rings. The molecular weight excluding hydrogens is 404 g/mol. The average Bonchev–Trinajstić information content (AvgIpc) is 3.11. The first-order valence-electron chi connectivity index (χ1n) is 9.53. The van der Waals surface area contributed by atoms with E-state index in [0.29, 0.717) is 5.56 Å². The van der Waals surface area contributed by atoms with Gasteiger partial charge in [0.25, 0.3) is 11.8 Å². The number of nitrogens with zero attached hydrogens (tertiary/aromatic N) is 4. The van der Waals surface area contributed by atoms with E-state index >= 15 is 0 Å². The highest BCUT2D eigenvalue weighted by Gasteiger charge is 2.47. The quantitative estimate of drug-likeness (QED) is 0.699. The fourth-order valence-electron chi connectivity index (χ4n) is 3.69. The minimum Gasteiger partial charge on any atom is -0.343 e. The van der Waals surface area contributed by atoms with Crippen LogP contribution in [0.15, 0.2) is 55.0 Å². The van der Waals surface area contributed by atoms with E-state index < -0.39 is 43.3 Å². The first-order valence-corrected chi connectivity index (χ1v) is 9.53. The van der Waals surface area contributed by atoms with E-state index in [4.69, 9.17) is 5.26 Å². The molecule has 3 heterocycles. The van der Waals surface area contributed by atoms with Crippen LogP contribution in [0, 0.1) is 11.3 Å². The predicted octanol–water partition coefficient (Wildman–Crippen LogP) is 2.79. The highest BCUT2D eigenvalue weighted by Crippen LogP contribution is 2.32. The second-order valence-corrected chi connectivity index (χ2v) is 7.21. The molecule has 4 rings (SSSR count). The van der Waals surface area contributed by atoms with Crippen molar-refractivity contribution < 1.29 is 18.4 Å². The molecule has 1 N–H and O–H groups in total. The van der Waals surface area contributed by atoms with Crippen molar-refractivity contribution >= 4 is 22.7 Å². The Morgan fingerprint density at radius 2 is 2.03 bits per heavy atom. The molecule has 0 bridgehead atoms. The van der Waals surface area contributed by atoms with Gasteiger partial charge in [-0.15, -0.1) is 0 Å². The number of amides is 2. The van der Waals surface area contributed by atoms with Gasteiger partial charge >= 0.3 is 0 Å². The van der Waals surface area contributed by atoms with E-state index in [1.54, 1.807) is 24.5 Å². The minimum atomic E-state index is -3.11. The number of alkyl halides is 2. The molecule has 0 saturated carbocycles. The second kappa shape index (κ2) is 8.07. The number of rotatable bonds is 4. The molecule has 9 heteroatoms. The molecule has 156 valence electrons.